The van der Waals surface area contributed by atoms with Crippen LogP contribution in [0.2, 0.25) is 0 Å². The molecule has 2 heteroatoms. The summed E-state index contributed by atoms with van der Waals surface area (Å²) >= 11 is 0. The lowest BCUT2D eigenvalue weighted by atomic mass is 9.83. The molecule has 2 nitrogen and oxygen atoms in total. The third-order valence-corrected chi connectivity index (χ3v) is 4.64. The van der Waals surface area contributed by atoms with Gasteiger partial charge in [-0.2, -0.15) is 0 Å². The minimum atomic E-state index is 0.278. The first kappa shape index (κ1) is 12.4. The molecule has 2 N–H and O–H groups in total. The second-order valence-electron chi connectivity index (χ2n) is 6.09. The van der Waals surface area contributed by atoms with Crippen LogP contribution in [0.25, 0.3) is 0 Å². The van der Waals surface area contributed by atoms with Crippen molar-refractivity contribution < 1.29 is 4.74 Å². The van der Waals surface area contributed by atoms with Gasteiger partial charge in [0.05, 0.1) is 11.7 Å². The van der Waals surface area contributed by atoms with Gasteiger partial charge < -0.3 is 10.5 Å². The zero-order valence-electron chi connectivity index (χ0n) is 10.9. The van der Waals surface area contributed by atoms with Crippen molar-refractivity contribution in [1.82, 2.24) is 0 Å². The number of hydrogen-bond acceptors (Lipinski definition) is 2. The lowest BCUT2D eigenvalue weighted by Gasteiger charge is -2.33. The van der Waals surface area contributed by atoms with E-state index in [4.69, 9.17) is 10.5 Å². The molecule has 0 aromatic carbocycles. The van der Waals surface area contributed by atoms with Crippen molar-refractivity contribution in [3.05, 3.63) is 0 Å². The Bertz CT molecular complexity index is 221. The van der Waals surface area contributed by atoms with Gasteiger partial charge in [-0.05, 0) is 44.9 Å². The second kappa shape index (κ2) is 5.05. The Balaban J connectivity index is 1.83. The van der Waals surface area contributed by atoms with Crippen LogP contribution in [-0.4, -0.2) is 17.7 Å². The maximum atomic E-state index is 6.36. The lowest BCUT2D eigenvalue weighted by Crippen LogP contribution is -2.33. The molecule has 0 radical (unpaired) electrons. The van der Waals surface area contributed by atoms with E-state index in [-0.39, 0.29) is 5.60 Å². The van der Waals surface area contributed by atoms with E-state index < -0.39 is 0 Å². The topological polar surface area (TPSA) is 35.2 Å². The maximum absolute atomic E-state index is 6.36. The Hall–Kier alpha value is -0.0800. The summed E-state index contributed by atoms with van der Waals surface area (Å²) in [5.74, 6) is 0.587. The summed E-state index contributed by atoms with van der Waals surface area (Å²) in [6.45, 7) is 4.36. The van der Waals surface area contributed by atoms with Gasteiger partial charge in [0, 0.05) is 6.04 Å². The SMILES string of the molecule is CC(N)C(C)CC1CCC2(CCCCC2)O1. The molecule has 0 bridgehead atoms. The van der Waals surface area contributed by atoms with E-state index in [1.807, 2.05) is 0 Å². The smallest absolute Gasteiger partial charge is 0.0687 e. The number of nitrogens with two attached hydrogens (primary N) is 1. The molecular weight excluding hydrogens is 198 g/mol. The molecule has 1 spiro atoms. The quantitative estimate of drug-likeness (QED) is 0.800. The fourth-order valence-electron chi connectivity index (χ4n) is 3.25. The van der Waals surface area contributed by atoms with Crippen LogP contribution in [-0.2, 0) is 4.74 Å². The number of hydrogen-bond donors (Lipinski definition) is 1. The van der Waals surface area contributed by atoms with E-state index in [1.165, 1.54) is 44.9 Å². The van der Waals surface area contributed by atoms with E-state index in [0.717, 1.165) is 6.42 Å². The molecule has 94 valence electrons. The minimum absolute atomic E-state index is 0.278. The highest BCUT2D eigenvalue weighted by Gasteiger charge is 2.40. The van der Waals surface area contributed by atoms with Gasteiger partial charge in [-0.1, -0.05) is 26.2 Å². The molecule has 2 aliphatic rings. The molecule has 2 rings (SSSR count). The first-order valence-corrected chi connectivity index (χ1v) is 7.05. The van der Waals surface area contributed by atoms with Gasteiger partial charge in [0.2, 0.25) is 0 Å². The summed E-state index contributed by atoms with van der Waals surface area (Å²) in [6, 6.07) is 0.298. The Kier molecular flexibility index (Phi) is 3.91. The predicted molar refractivity (Wildman–Crippen MR) is 67.4 cm³/mol. The van der Waals surface area contributed by atoms with Crippen molar-refractivity contribution in [2.75, 3.05) is 0 Å². The maximum Gasteiger partial charge on any atom is 0.0687 e. The van der Waals surface area contributed by atoms with Crippen LogP contribution in [0.15, 0.2) is 0 Å². The van der Waals surface area contributed by atoms with Crippen molar-refractivity contribution in [2.24, 2.45) is 11.7 Å². The molecule has 1 heterocycles. The lowest BCUT2D eigenvalue weighted by molar-refractivity contribution is -0.0698. The van der Waals surface area contributed by atoms with Gasteiger partial charge >= 0.3 is 0 Å². The summed E-state index contributed by atoms with van der Waals surface area (Å²) < 4.78 is 6.36. The van der Waals surface area contributed by atoms with Crippen LogP contribution in [0.1, 0.15) is 65.2 Å². The Morgan fingerprint density at radius 3 is 2.50 bits per heavy atom. The molecule has 3 unspecified atom stereocenters. The van der Waals surface area contributed by atoms with E-state index in [0.29, 0.717) is 18.1 Å². The number of rotatable bonds is 3. The Morgan fingerprint density at radius 2 is 1.88 bits per heavy atom. The van der Waals surface area contributed by atoms with Crippen molar-refractivity contribution in [2.45, 2.75) is 83.0 Å². The first-order valence-electron chi connectivity index (χ1n) is 7.05. The molecule has 2 fully saturated rings. The van der Waals surface area contributed by atoms with Crippen LogP contribution in [0.3, 0.4) is 0 Å². The van der Waals surface area contributed by atoms with Crippen LogP contribution in [0.5, 0.6) is 0 Å². The molecule has 0 amide bonds. The second-order valence-corrected chi connectivity index (χ2v) is 6.09. The van der Waals surface area contributed by atoms with Crippen LogP contribution < -0.4 is 5.73 Å². The van der Waals surface area contributed by atoms with Crippen LogP contribution >= 0.6 is 0 Å². The van der Waals surface area contributed by atoms with Crippen molar-refractivity contribution in [3.63, 3.8) is 0 Å². The molecule has 1 aliphatic heterocycles. The fourth-order valence-corrected chi connectivity index (χ4v) is 3.25. The minimum Gasteiger partial charge on any atom is -0.372 e. The summed E-state index contributed by atoms with van der Waals surface area (Å²) in [7, 11) is 0. The monoisotopic (exact) mass is 225 g/mol. The summed E-state index contributed by atoms with van der Waals surface area (Å²) in [6.07, 6.45) is 10.9. The van der Waals surface area contributed by atoms with Crippen LogP contribution in [0.4, 0.5) is 0 Å². The van der Waals surface area contributed by atoms with E-state index >= 15 is 0 Å². The molecule has 16 heavy (non-hydrogen) atoms. The highest BCUT2D eigenvalue weighted by atomic mass is 16.5. The molecule has 3 atom stereocenters. The molecule has 1 saturated carbocycles. The molecule has 1 saturated heterocycles. The van der Waals surface area contributed by atoms with Crippen LogP contribution in [0, 0.1) is 5.92 Å². The summed E-state index contributed by atoms with van der Waals surface area (Å²) in [5, 5.41) is 0. The van der Waals surface area contributed by atoms with Gasteiger partial charge in [0.1, 0.15) is 0 Å². The predicted octanol–water partition coefficient (Wildman–Crippen LogP) is 3.24. The highest BCUT2D eigenvalue weighted by molar-refractivity contribution is 4.91. The third kappa shape index (κ3) is 2.78. The van der Waals surface area contributed by atoms with Gasteiger partial charge in [-0.25, -0.2) is 0 Å². The van der Waals surface area contributed by atoms with Gasteiger partial charge in [-0.15, -0.1) is 0 Å². The first-order chi connectivity index (χ1) is 7.61. The molecule has 0 aromatic heterocycles. The zero-order valence-corrected chi connectivity index (χ0v) is 10.9. The molecule has 1 aliphatic carbocycles. The molecule has 0 aromatic rings. The van der Waals surface area contributed by atoms with Gasteiger partial charge in [0.25, 0.3) is 0 Å². The van der Waals surface area contributed by atoms with Crippen molar-refractivity contribution in [1.29, 1.82) is 0 Å². The fraction of sp³-hybridized carbons (Fsp3) is 1.00. The van der Waals surface area contributed by atoms with Gasteiger partial charge in [-0.3, -0.25) is 0 Å². The standard InChI is InChI=1S/C14H27NO/c1-11(12(2)15)10-13-6-9-14(16-13)7-4-3-5-8-14/h11-13H,3-10,15H2,1-2H3. The highest BCUT2D eigenvalue weighted by Crippen LogP contribution is 2.43. The normalized spacial score (nSPS) is 32.8. The zero-order chi connectivity index (χ0) is 11.6. The molecular formula is C14H27NO. The largest absolute Gasteiger partial charge is 0.372 e. The summed E-state index contributed by atoms with van der Waals surface area (Å²) in [5.41, 5.74) is 6.21. The third-order valence-electron chi connectivity index (χ3n) is 4.64. The van der Waals surface area contributed by atoms with Gasteiger partial charge in [0.15, 0.2) is 0 Å². The summed E-state index contributed by atoms with van der Waals surface area (Å²) in [4.78, 5) is 0. The average molecular weight is 225 g/mol. The Labute approximate surface area is 99.9 Å². The number of ether oxygens (including phenoxy) is 1. The Morgan fingerprint density at radius 1 is 1.19 bits per heavy atom. The van der Waals surface area contributed by atoms with E-state index in [9.17, 15) is 0 Å². The average Bonchev–Trinajstić information content (AvgIpc) is 2.62. The van der Waals surface area contributed by atoms with Crippen molar-refractivity contribution in [3.8, 4) is 0 Å². The van der Waals surface area contributed by atoms with Crippen molar-refractivity contribution >= 4 is 0 Å². The van der Waals surface area contributed by atoms with E-state index in [2.05, 4.69) is 13.8 Å². The van der Waals surface area contributed by atoms with E-state index in [1.54, 1.807) is 0 Å².